The van der Waals surface area contributed by atoms with Gasteiger partial charge in [-0.15, -0.1) is 0 Å². The Labute approximate surface area is 797 Å². The summed E-state index contributed by atoms with van der Waals surface area (Å²) in [6.45, 7) is 17.6. The van der Waals surface area contributed by atoms with Crippen molar-refractivity contribution >= 4 is 30.2 Å². The summed E-state index contributed by atoms with van der Waals surface area (Å²) >= 11 is 0. The average Bonchev–Trinajstić information content (AvgIpc) is 0.707. The number of carboxylic acids is 1. The van der Waals surface area contributed by atoms with Crippen molar-refractivity contribution in [1.82, 2.24) is 0 Å². The highest BCUT2D eigenvalue weighted by Gasteiger charge is 2.74. The molecule has 46 heteroatoms. The van der Waals surface area contributed by atoms with E-state index in [1.54, 1.807) is 27.7 Å². The molecule has 138 heavy (non-hydrogen) atoms. The molecule has 5 aliphatic carbocycles. The first-order valence-electron chi connectivity index (χ1n) is 48.3. The van der Waals surface area contributed by atoms with E-state index in [4.69, 9.17) is 85.3 Å². The quantitative estimate of drug-likeness (QED) is 0.00924. The molecule has 0 amide bonds. The van der Waals surface area contributed by atoms with Gasteiger partial charge in [-0.25, -0.2) is 4.79 Å². The van der Waals surface area contributed by atoms with E-state index < -0.39 is 378 Å². The highest BCUT2D eigenvalue weighted by Crippen LogP contribution is 2.76. The van der Waals surface area contributed by atoms with Crippen LogP contribution in [0.3, 0.4) is 0 Å². The standard InChI is InChI=1S/C92H148O46/c1-13-36(3)46(126-54(102)25-41(98)24-47(37(4)14-2)127-80-62(110)58(106)49(30-94)128-80)23-40(97)26-55(103)131-69-39(6)125-82(73(65(69)113)136-79-64(112)60(108)68(38(5)124-79)132-78-67(115)70(45(100)32-122-78)133-84-75(116)91(120,34-96)35-123-84)138-85(119)92-22-21-86(7,8)27-43(92)42-15-16-51-87(9)19-18-53(88(10,33-95)50(87)17-20-89(51,11)90(42,12)28-52(92)101)130-83-74(137-81-63(111)59(107)57(105)48(29-93)129-81)71(66(114)72(135-83)76(117)118)134-77-61(109)56(104)44(99)31-121-77/h15,33,36-41,43-53,56-75,77-84,93-94,96-101,104-116,120H,13-14,16-32,34-35H2,1-12H3,(H,117,118)/t36?,37?,38-,39+,40?,41?,43-,44+,45+,46?,47?,48+,49-,50?,51?,52+,53-,56-,57-,58-,59-,60-,61+,62+,63+,64+,65-,66-,67+,68-,69-,70-,71-,72-,73+,74+,75-,77-,78-,79-,80+,81-,82-,83+,84-,87-,88-,89+,90+,91+,92+/m0/s1. The summed E-state index contributed by atoms with van der Waals surface area (Å²) in [5.74, 6) is -7.25. The Hall–Kier alpha value is -4.19. The molecule has 4 saturated carbocycles. The third kappa shape index (κ3) is 21.4. The molecule has 0 aromatic heterocycles. The summed E-state index contributed by atoms with van der Waals surface area (Å²) in [5.41, 5.74) is -7.70. The van der Waals surface area contributed by atoms with E-state index in [9.17, 15) is 137 Å². The molecule has 8 heterocycles. The van der Waals surface area contributed by atoms with E-state index in [0.717, 1.165) is 11.9 Å². The van der Waals surface area contributed by atoms with Gasteiger partial charge in [0.1, 0.15) is 152 Å². The first kappa shape index (κ1) is 111. The van der Waals surface area contributed by atoms with Crippen molar-refractivity contribution in [2.75, 3.05) is 39.6 Å². The number of aldehydes is 1. The van der Waals surface area contributed by atoms with Crippen LogP contribution in [0.1, 0.15) is 179 Å². The van der Waals surface area contributed by atoms with Crippen molar-refractivity contribution in [3.8, 4) is 0 Å². The Kier molecular flexibility index (Phi) is 35.5. The molecule has 23 N–H and O–H groups in total. The second-order valence-electron chi connectivity index (χ2n) is 42.6. The van der Waals surface area contributed by atoms with E-state index in [-0.39, 0.29) is 43.9 Å². The minimum Gasteiger partial charge on any atom is -0.479 e. The smallest absolute Gasteiger partial charge is 0.335 e. The van der Waals surface area contributed by atoms with Crippen LogP contribution < -0.4 is 0 Å². The molecule has 792 valence electrons. The summed E-state index contributed by atoms with van der Waals surface area (Å²) < 4.78 is 108. The third-order valence-corrected chi connectivity index (χ3v) is 33.3. The normalized spacial score (nSPS) is 48.7. The summed E-state index contributed by atoms with van der Waals surface area (Å²) in [6.07, 6.45) is -66.5. The lowest BCUT2D eigenvalue weighted by Gasteiger charge is -2.71. The Bertz CT molecular complexity index is 4100. The molecule has 0 bridgehead atoms. The zero-order chi connectivity index (χ0) is 101. The number of esters is 3. The fourth-order valence-electron chi connectivity index (χ4n) is 24.1. The highest BCUT2D eigenvalue weighted by molar-refractivity contribution is 5.80. The maximum absolute atomic E-state index is 16.4. The van der Waals surface area contributed by atoms with Gasteiger partial charge in [-0.3, -0.25) is 14.4 Å². The predicted molar refractivity (Wildman–Crippen MR) is 458 cm³/mol. The van der Waals surface area contributed by atoms with Crippen molar-refractivity contribution in [3.63, 3.8) is 0 Å². The second-order valence-corrected chi connectivity index (χ2v) is 42.6. The summed E-state index contributed by atoms with van der Waals surface area (Å²) in [7, 11) is 0. The lowest BCUT2D eigenvalue weighted by molar-refractivity contribution is -0.391. The first-order valence-corrected chi connectivity index (χ1v) is 48.3. The number of aliphatic hydroxyl groups is 22. The molecule has 51 atom stereocenters. The van der Waals surface area contributed by atoms with Crippen LogP contribution in [0.2, 0.25) is 0 Å². The summed E-state index contributed by atoms with van der Waals surface area (Å²) in [4.78, 5) is 72.1. The highest BCUT2D eigenvalue weighted by atomic mass is 16.8. The Morgan fingerprint density at radius 2 is 1.06 bits per heavy atom. The number of rotatable bonds is 35. The van der Waals surface area contributed by atoms with Crippen molar-refractivity contribution in [3.05, 3.63) is 11.6 Å². The second kappa shape index (κ2) is 44.1. The molecule has 12 fully saturated rings. The minimum absolute atomic E-state index is 0.0127. The van der Waals surface area contributed by atoms with Gasteiger partial charge in [-0.05, 0) is 123 Å². The molecule has 8 unspecified atom stereocenters. The number of allylic oxidation sites excluding steroid dienone is 2. The van der Waals surface area contributed by atoms with Gasteiger partial charge in [-0.2, -0.15) is 0 Å². The molecule has 8 saturated heterocycles. The van der Waals surface area contributed by atoms with Gasteiger partial charge in [0, 0.05) is 12.8 Å². The SMILES string of the molecule is CCC(C)C(CC(O)CC(=O)O[C@@H]1[C@H](O)[C@@H](O[C@@H]2O[C@@H](C)[C@H](O[C@@H]3OC[C@@H](O)[C@H](O[C@@H]4OC[C@](O)(CO)[C@H]4O)[C@H]3O)[C@@H](O)[C@H]2O)[C@H](OC(=O)[C@]23CCC(C)(C)C[C@H]2C2=CCC4[C@@]5(C)CC[C@H](O[C@@H]6O[C@H](C(=O)O)[C@@H](O)[C@H](O[C@@H]7OC[C@@H](O)[C@H](O)[C@H]7O)[C@H]6O[C@@H]6O[C@H](CO)[C@H](O)[C@H](O)[C@H]6O)[C@@](C)(C=O)C5CC[C@@]4(C)[C@]2(C)C[C@H]3O)O[C@@H]1C)OC(=O)CC(O)CC(O[C@@H]1O[C@@H](CO)[C@H](O)[C@H]1O)C(C)CC. The van der Waals surface area contributed by atoms with Gasteiger partial charge in [-0.1, -0.05) is 93.7 Å². The molecule has 13 aliphatic rings. The van der Waals surface area contributed by atoms with Crippen LogP contribution in [0.5, 0.6) is 0 Å². The molecule has 8 aliphatic heterocycles. The van der Waals surface area contributed by atoms with Crippen LogP contribution in [-0.4, -0.2) is 439 Å². The van der Waals surface area contributed by atoms with Gasteiger partial charge >= 0.3 is 23.9 Å². The number of ether oxygens (including phenoxy) is 18. The fourth-order valence-corrected chi connectivity index (χ4v) is 24.1. The number of aliphatic hydroxyl groups excluding tert-OH is 21. The molecule has 13 rings (SSSR count). The zero-order valence-electron chi connectivity index (χ0n) is 79.7. The lowest BCUT2D eigenvalue weighted by Crippen LogP contribution is -2.69. The van der Waals surface area contributed by atoms with Crippen LogP contribution in [0.15, 0.2) is 11.6 Å². The van der Waals surface area contributed by atoms with Crippen molar-refractivity contribution < 1.29 is 227 Å². The summed E-state index contributed by atoms with van der Waals surface area (Å²) in [6, 6.07) is 0. The van der Waals surface area contributed by atoms with Crippen LogP contribution in [0.4, 0.5) is 0 Å². The molecular weight excluding hydrogens is 1840 g/mol. The van der Waals surface area contributed by atoms with Gasteiger partial charge in [0.25, 0.3) is 0 Å². The number of hydrogen-bond donors (Lipinski definition) is 23. The number of fused-ring (bicyclic) bond motifs is 7. The fraction of sp³-hybridized carbons (Fsp3) is 0.924. The number of carbonyl (C=O) groups is 5. The molecule has 0 aromatic rings. The largest absolute Gasteiger partial charge is 0.479 e. The number of aliphatic carboxylic acids is 1. The third-order valence-electron chi connectivity index (χ3n) is 33.3. The molecule has 0 aromatic carbocycles. The van der Waals surface area contributed by atoms with E-state index in [2.05, 4.69) is 26.8 Å². The maximum Gasteiger partial charge on any atom is 0.335 e. The van der Waals surface area contributed by atoms with Crippen molar-refractivity contribution in [2.24, 2.45) is 62.1 Å². The number of carbonyl (C=O) groups excluding carboxylic acids is 4. The van der Waals surface area contributed by atoms with Gasteiger partial charge < -0.3 is 208 Å². The molecule has 0 spiro atoms. The number of hydrogen-bond acceptors (Lipinski definition) is 45. The van der Waals surface area contributed by atoms with Crippen LogP contribution in [0.25, 0.3) is 0 Å². The van der Waals surface area contributed by atoms with Crippen molar-refractivity contribution in [1.29, 1.82) is 0 Å². The maximum atomic E-state index is 16.4. The molecule has 0 radical (unpaired) electrons. The average molecular weight is 1990 g/mol. The van der Waals surface area contributed by atoms with E-state index in [1.807, 2.05) is 20.8 Å². The van der Waals surface area contributed by atoms with Crippen LogP contribution in [-0.2, 0) is 109 Å². The Morgan fingerprint density at radius 3 is 1.69 bits per heavy atom. The topological polar surface area (TPSA) is 717 Å². The zero-order valence-corrected chi connectivity index (χ0v) is 79.7. The summed E-state index contributed by atoms with van der Waals surface area (Å²) in [5, 5.41) is 256. The number of carboxylic acid groups (broad SMARTS) is 1. The van der Waals surface area contributed by atoms with E-state index in [0.29, 0.717) is 51.4 Å². The van der Waals surface area contributed by atoms with E-state index in [1.165, 1.54) is 13.8 Å². The van der Waals surface area contributed by atoms with E-state index >= 15 is 4.79 Å². The molecular formula is C92H148O46. The van der Waals surface area contributed by atoms with Crippen LogP contribution in [0, 0.1) is 62.1 Å². The van der Waals surface area contributed by atoms with Gasteiger partial charge in [0.15, 0.2) is 62.3 Å². The Balaban J connectivity index is 0.748. The monoisotopic (exact) mass is 1990 g/mol. The lowest BCUT2D eigenvalue weighted by atomic mass is 9.33. The first-order chi connectivity index (χ1) is 64.8. The van der Waals surface area contributed by atoms with Gasteiger partial charge in [0.05, 0.1) is 101 Å². The molecule has 46 nitrogen and oxygen atoms in total. The minimum atomic E-state index is -2.27. The van der Waals surface area contributed by atoms with Crippen molar-refractivity contribution in [2.45, 2.75) is 431 Å². The van der Waals surface area contributed by atoms with Gasteiger partial charge in [0.2, 0.25) is 6.29 Å². The predicted octanol–water partition coefficient (Wildman–Crippen LogP) is -5.69. The van der Waals surface area contributed by atoms with Crippen LogP contribution >= 0.6 is 0 Å². The Morgan fingerprint density at radius 1 is 0.507 bits per heavy atom.